The van der Waals surface area contributed by atoms with Gasteiger partial charge in [0.25, 0.3) is 5.91 Å². The zero-order valence-corrected chi connectivity index (χ0v) is 20.1. The van der Waals surface area contributed by atoms with Gasteiger partial charge in [0.1, 0.15) is 0 Å². The van der Waals surface area contributed by atoms with E-state index in [-0.39, 0.29) is 29.9 Å². The Balaban J connectivity index is 0.00000420. The van der Waals surface area contributed by atoms with Gasteiger partial charge in [0, 0.05) is 66.2 Å². The third kappa shape index (κ3) is 9.77. The highest BCUT2D eigenvalue weighted by atomic mass is 127. The number of hydrogen-bond donors (Lipinski definition) is 2. The largest absolute Gasteiger partial charge is 0.381 e. The van der Waals surface area contributed by atoms with Crippen molar-refractivity contribution >= 4 is 35.8 Å². The average Bonchev–Trinajstić information content (AvgIpc) is 2.73. The van der Waals surface area contributed by atoms with Crippen molar-refractivity contribution in [1.29, 1.82) is 0 Å². The molecule has 1 saturated heterocycles. The molecule has 1 aromatic rings. The van der Waals surface area contributed by atoms with Crippen LogP contribution in [0.5, 0.6) is 0 Å². The lowest BCUT2D eigenvalue weighted by atomic mass is 10.0. The van der Waals surface area contributed by atoms with Crippen LogP contribution < -0.4 is 10.6 Å². The first-order valence-electron chi connectivity index (χ1n) is 10.0. The van der Waals surface area contributed by atoms with Gasteiger partial charge < -0.3 is 25.0 Å². The van der Waals surface area contributed by atoms with Gasteiger partial charge >= 0.3 is 0 Å². The maximum atomic E-state index is 11.9. The van der Waals surface area contributed by atoms with E-state index >= 15 is 0 Å². The molecule has 2 rings (SSSR count). The Kier molecular flexibility index (Phi) is 12.9. The molecule has 1 amide bonds. The predicted molar refractivity (Wildman–Crippen MR) is 127 cm³/mol. The molecule has 0 aromatic heterocycles. The van der Waals surface area contributed by atoms with E-state index in [0.29, 0.717) is 18.0 Å². The molecule has 0 unspecified atom stereocenters. The predicted octanol–water partition coefficient (Wildman–Crippen LogP) is 2.50. The van der Waals surface area contributed by atoms with Gasteiger partial charge in [-0.3, -0.25) is 9.79 Å². The topological polar surface area (TPSA) is 75.2 Å². The van der Waals surface area contributed by atoms with Crippen molar-refractivity contribution in [3.05, 3.63) is 35.4 Å². The van der Waals surface area contributed by atoms with E-state index in [1.165, 1.54) is 0 Å². The molecule has 2 N–H and O–H groups in total. The summed E-state index contributed by atoms with van der Waals surface area (Å²) < 4.78 is 11.1. The van der Waals surface area contributed by atoms with Gasteiger partial charge in [-0.1, -0.05) is 12.1 Å². The van der Waals surface area contributed by atoms with Crippen molar-refractivity contribution < 1.29 is 14.3 Å². The van der Waals surface area contributed by atoms with Crippen LogP contribution in [0, 0.1) is 5.92 Å². The molecular formula is C21H35IN4O3. The van der Waals surface area contributed by atoms with E-state index in [4.69, 9.17) is 9.47 Å². The number of aliphatic imine (C=N–C) groups is 1. The minimum atomic E-state index is 0. The minimum Gasteiger partial charge on any atom is -0.381 e. The molecule has 8 heteroatoms. The molecule has 0 bridgehead atoms. The number of nitrogens with one attached hydrogen (secondary N) is 2. The highest BCUT2D eigenvalue weighted by Gasteiger charge is 2.13. The van der Waals surface area contributed by atoms with Gasteiger partial charge in [-0.15, -0.1) is 24.0 Å². The summed E-state index contributed by atoms with van der Waals surface area (Å²) in [5, 5.41) is 6.59. The van der Waals surface area contributed by atoms with Crippen LogP contribution in [0.3, 0.4) is 0 Å². The number of halogens is 1. The second kappa shape index (κ2) is 14.6. The van der Waals surface area contributed by atoms with Crippen LogP contribution in [0.2, 0.25) is 0 Å². The first kappa shape index (κ1) is 25.6. The number of amides is 1. The quantitative estimate of drug-likeness (QED) is 0.228. The number of carbonyl (C=O) groups excluding carboxylic acids is 1. The Hall–Kier alpha value is -1.39. The smallest absolute Gasteiger partial charge is 0.253 e. The summed E-state index contributed by atoms with van der Waals surface area (Å²) in [5.74, 6) is 1.42. The van der Waals surface area contributed by atoms with Crippen molar-refractivity contribution in [1.82, 2.24) is 15.5 Å². The molecule has 7 nitrogen and oxygen atoms in total. The van der Waals surface area contributed by atoms with Crippen LogP contribution in [0.1, 0.15) is 35.2 Å². The summed E-state index contributed by atoms with van der Waals surface area (Å²) in [6.07, 6.45) is 3.16. The Labute approximate surface area is 191 Å². The maximum absolute atomic E-state index is 11.9. The Bertz CT molecular complexity index is 617. The van der Waals surface area contributed by atoms with Gasteiger partial charge in [0.2, 0.25) is 0 Å². The lowest BCUT2D eigenvalue weighted by molar-refractivity contribution is 0.0203. The summed E-state index contributed by atoms with van der Waals surface area (Å²) >= 11 is 0. The van der Waals surface area contributed by atoms with Crippen molar-refractivity contribution in [2.75, 3.05) is 54.1 Å². The van der Waals surface area contributed by atoms with Crippen LogP contribution in [0.25, 0.3) is 0 Å². The number of nitrogens with zero attached hydrogens (tertiary/aromatic N) is 2. The molecular weight excluding hydrogens is 483 g/mol. The lowest BCUT2D eigenvalue weighted by Gasteiger charge is -2.21. The first-order chi connectivity index (χ1) is 13.6. The van der Waals surface area contributed by atoms with Gasteiger partial charge in [-0.2, -0.15) is 0 Å². The zero-order chi connectivity index (χ0) is 20.2. The van der Waals surface area contributed by atoms with Crippen LogP contribution in [-0.2, 0) is 16.0 Å². The summed E-state index contributed by atoms with van der Waals surface area (Å²) in [4.78, 5) is 17.7. The third-order valence-corrected chi connectivity index (χ3v) is 4.74. The van der Waals surface area contributed by atoms with Gasteiger partial charge in [0.15, 0.2) is 5.96 Å². The second-order valence-electron chi connectivity index (χ2n) is 7.23. The molecule has 1 fully saturated rings. The normalized spacial score (nSPS) is 14.8. The van der Waals surface area contributed by atoms with Crippen molar-refractivity contribution in [2.24, 2.45) is 10.9 Å². The Morgan fingerprint density at radius 3 is 2.52 bits per heavy atom. The molecule has 1 aliphatic rings. The lowest BCUT2D eigenvalue weighted by Crippen LogP contribution is -2.37. The molecule has 1 heterocycles. The zero-order valence-electron chi connectivity index (χ0n) is 17.8. The molecule has 29 heavy (non-hydrogen) atoms. The second-order valence-corrected chi connectivity index (χ2v) is 7.23. The average molecular weight is 518 g/mol. The van der Waals surface area contributed by atoms with Crippen molar-refractivity contribution in [2.45, 2.75) is 25.8 Å². The first-order valence-corrected chi connectivity index (χ1v) is 10.0. The van der Waals surface area contributed by atoms with E-state index in [2.05, 4.69) is 15.6 Å². The number of ether oxygens (including phenoxy) is 2. The fourth-order valence-corrected chi connectivity index (χ4v) is 2.97. The molecule has 164 valence electrons. The molecule has 0 atom stereocenters. The SMILES string of the molecule is CN=C(NCCCOCC1CCOCC1)NCc1ccc(C(=O)N(C)C)cc1.I. The molecule has 1 aromatic carbocycles. The van der Waals surface area contributed by atoms with E-state index in [9.17, 15) is 4.79 Å². The summed E-state index contributed by atoms with van der Waals surface area (Å²) in [6.45, 7) is 4.78. The van der Waals surface area contributed by atoms with E-state index in [1.54, 1.807) is 26.0 Å². The van der Waals surface area contributed by atoms with Crippen LogP contribution in [0.4, 0.5) is 0 Å². The van der Waals surface area contributed by atoms with Crippen LogP contribution in [-0.4, -0.2) is 70.9 Å². The summed E-state index contributed by atoms with van der Waals surface area (Å²) in [7, 11) is 5.27. The van der Waals surface area contributed by atoms with Crippen LogP contribution in [0.15, 0.2) is 29.3 Å². The van der Waals surface area contributed by atoms with Crippen molar-refractivity contribution in [3.63, 3.8) is 0 Å². The van der Waals surface area contributed by atoms with Gasteiger partial charge in [-0.25, -0.2) is 0 Å². The number of benzene rings is 1. The molecule has 0 spiro atoms. The molecule has 0 radical (unpaired) electrons. The monoisotopic (exact) mass is 518 g/mol. The van der Waals surface area contributed by atoms with Crippen LogP contribution >= 0.6 is 24.0 Å². The number of guanidine groups is 1. The summed E-state index contributed by atoms with van der Waals surface area (Å²) in [6, 6.07) is 7.62. The molecule has 0 aliphatic carbocycles. The highest BCUT2D eigenvalue weighted by Crippen LogP contribution is 2.14. The molecule has 1 aliphatic heterocycles. The Morgan fingerprint density at radius 1 is 1.21 bits per heavy atom. The van der Waals surface area contributed by atoms with Gasteiger partial charge in [0.05, 0.1) is 0 Å². The van der Waals surface area contributed by atoms with E-state index in [1.807, 2.05) is 24.3 Å². The third-order valence-electron chi connectivity index (χ3n) is 4.74. The van der Waals surface area contributed by atoms with E-state index < -0.39 is 0 Å². The number of rotatable bonds is 9. The fraction of sp³-hybridized carbons (Fsp3) is 0.619. The Morgan fingerprint density at radius 2 is 1.90 bits per heavy atom. The van der Waals surface area contributed by atoms with E-state index in [0.717, 1.165) is 63.8 Å². The van der Waals surface area contributed by atoms with Crippen molar-refractivity contribution in [3.8, 4) is 0 Å². The highest BCUT2D eigenvalue weighted by molar-refractivity contribution is 14.0. The number of carbonyl (C=O) groups is 1. The van der Waals surface area contributed by atoms with Gasteiger partial charge in [-0.05, 0) is 42.9 Å². The molecule has 0 saturated carbocycles. The minimum absolute atomic E-state index is 0. The summed E-state index contributed by atoms with van der Waals surface area (Å²) in [5.41, 5.74) is 1.79. The number of hydrogen-bond acceptors (Lipinski definition) is 4. The fourth-order valence-electron chi connectivity index (χ4n) is 2.97. The maximum Gasteiger partial charge on any atom is 0.253 e. The standard InChI is InChI=1S/C21H34N4O3.HI/c1-22-21(23-11-4-12-28-16-18-9-13-27-14-10-18)24-15-17-5-7-19(8-6-17)20(26)25(2)3;/h5-8,18H,4,9-16H2,1-3H3,(H2,22,23,24);1H.